The van der Waals surface area contributed by atoms with Crippen LogP contribution in [0.5, 0.6) is 0 Å². The molecule has 0 aromatic carbocycles. The summed E-state index contributed by atoms with van der Waals surface area (Å²) in [5.41, 5.74) is 3.64. The van der Waals surface area contributed by atoms with Gasteiger partial charge in [-0.2, -0.15) is 0 Å². The van der Waals surface area contributed by atoms with Crippen LogP contribution in [0.4, 0.5) is 0 Å². The zero-order valence-electron chi connectivity index (χ0n) is 14.6. The fourth-order valence-corrected chi connectivity index (χ4v) is 3.60. The number of pyridine rings is 1. The molecule has 6 nitrogen and oxygen atoms in total. The van der Waals surface area contributed by atoms with Gasteiger partial charge in [0.25, 0.3) is 0 Å². The van der Waals surface area contributed by atoms with Gasteiger partial charge in [0.05, 0.1) is 5.75 Å². The van der Waals surface area contributed by atoms with E-state index >= 15 is 0 Å². The molecule has 0 saturated carbocycles. The summed E-state index contributed by atoms with van der Waals surface area (Å²) in [6.45, 7) is 6.80. The minimum atomic E-state index is 0.100. The lowest BCUT2D eigenvalue weighted by atomic mass is 10.2. The Bertz CT molecular complexity index is 869. The van der Waals surface area contributed by atoms with Crippen molar-refractivity contribution in [3.8, 4) is 11.4 Å². The van der Waals surface area contributed by atoms with E-state index in [4.69, 9.17) is 0 Å². The molecule has 7 heteroatoms. The van der Waals surface area contributed by atoms with Crippen molar-refractivity contribution < 1.29 is 4.79 Å². The summed E-state index contributed by atoms with van der Waals surface area (Å²) in [5, 5.41) is 9.39. The van der Waals surface area contributed by atoms with Crippen molar-refractivity contribution in [1.82, 2.24) is 24.7 Å². The Hall–Kier alpha value is -2.41. The van der Waals surface area contributed by atoms with Crippen molar-refractivity contribution in [1.29, 1.82) is 0 Å². The van der Waals surface area contributed by atoms with E-state index in [-0.39, 0.29) is 5.78 Å². The number of hydrogen-bond acceptors (Lipinski definition) is 5. The highest BCUT2D eigenvalue weighted by molar-refractivity contribution is 7.99. The van der Waals surface area contributed by atoms with Gasteiger partial charge in [-0.3, -0.25) is 9.78 Å². The number of aromatic amines is 1. The molecule has 0 aliphatic carbocycles. The molecule has 3 aromatic heterocycles. The molecule has 3 aromatic rings. The van der Waals surface area contributed by atoms with E-state index in [9.17, 15) is 4.79 Å². The third-order valence-electron chi connectivity index (χ3n) is 3.88. The smallest absolute Gasteiger partial charge is 0.191 e. The first-order valence-corrected chi connectivity index (χ1v) is 9.24. The second-order valence-electron chi connectivity index (χ2n) is 5.90. The van der Waals surface area contributed by atoms with Crippen LogP contribution < -0.4 is 0 Å². The van der Waals surface area contributed by atoms with Gasteiger partial charge in [0, 0.05) is 41.5 Å². The summed E-state index contributed by atoms with van der Waals surface area (Å²) < 4.78 is 2.07. The highest BCUT2D eigenvalue weighted by atomic mass is 32.2. The van der Waals surface area contributed by atoms with Crippen molar-refractivity contribution in [2.75, 3.05) is 5.75 Å². The molecule has 0 aliphatic heterocycles. The number of carbonyl (C=O) groups is 1. The molecule has 0 spiro atoms. The monoisotopic (exact) mass is 355 g/mol. The number of nitrogens with zero attached hydrogens (tertiary/aromatic N) is 4. The van der Waals surface area contributed by atoms with Crippen LogP contribution in [-0.2, 0) is 6.54 Å². The van der Waals surface area contributed by atoms with Crippen molar-refractivity contribution >= 4 is 17.5 Å². The summed E-state index contributed by atoms with van der Waals surface area (Å²) in [6.07, 6.45) is 4.45. The Morgan fingerprint density at radius 1 is 1.24 bits per heavy atom. The number of Topliss-reactive ketones (excluding diaryl/α,β-unsaturated/α-hetero) is 1. The van der Waals surface area contributed by atoms with Gasteiger partial charge in [0.1, 0.15) is 0 Å². The number of thioether (sulfide) groups is 1. The SMILES string of the molecule is CCCn1c(SCC(=O)c2cc(C)[nH]c2C)nnc1-c1ccncc1. The number of nitrogens with one attached hydrogen (secondary N) is 1. The molecule has 0 saturated heterocycles. The summed E-state index contributed by atoms with van der Waals surface area (Å²) in [4.78, 5) is 19.7. The third-order valence-corrected chi connectivity index (χ3v) is 4.85. The van der Waals surface area contributed by atoms with E-state index in [1.54, 1.807) is 12.4 Å². The molecular formula is C18H21N5OS. The number of carbonyl (C=O) groups excluding carboxylic acids is 1. The van der Waals surface area contributed by atoms with Crippen LogP contribution >= 0.6 is 11.8 Å². The van der Waals surface area contributed by atoms with E-state index in [0.29, 0.717) is 5.75 Å². The Morgan fingerprint density at radius 3 is 2.64 bits per heavy atom. The maximum atomic E-state index is 12.5. The first-order valence-electron chi connectivity index (χ1n) is 8.26. The van der Waals surface area contributed by atoms with Crippen molar-refractivity contribution in [3.05, 3.63) is 47.5 Å². The molecule has 0 bridgehead atoms. The Morgan fingerprint density at radius 2 is 2.00 bits per heavy atom. The molecule has 1 N–H and O–H groups in total. The van der Waals surface area contributed by atoms with E-state index in [1.165, 1.54) is 11.8 Å². The van der Waals surface area contributed by atoms with Gasteiger partial charge in [-0.05, 0) is 38.5 Å². The van der Waals surface area contributed by atoms with Crippen LogP contribution in [-0.4, -0.2) is 36.3 Å². The number of hydrogen-bond donors (Lipinski definition) is 1. The van der Waals surface area contributed by atoms with Crippen LogP contribution in [0.3, 0.4) is 0 Å². The zero-order valence-corrected chi connectivity index (χ0v) is 15.4. The van der Waals surface area contributed by atoms with Crippen LogP contribution in [0.1, 0.15) is 35.1 Å². The quantitative estimate of drug-likeness (QED) is 0.517. The zero-order chi connectivity index (χ0) is 17.8. The van der Waals surface area contributed by atoms with Crippen molar-refractivity contribution in [2.24, 2.45) is 0 Å². The molecule has 0 aliphatic rings. The van der Waals surface area contributed by atoms with E-state index in [0.717, 1.165) is 46.5 Å². The molecular weight excluding hydrogens is 334 g/mol. The minimum Gasteiger partial charge on any atom is -0.362 e. The lowest BCUT2D eigenvalue weighted by Gasteiger charge is -2.08. The molecule has 0 amide bonds. The van der Waals surface area contributed by atoms with Crippen molar-refractivity contribution in [2.45, 2.75) is 38.9 Å². The molecule has 0 unspecified atom stereocenters. The Balaban J connectivity index is 1.80. The van der Waals surface area contributed by atoms with Gasteiger partial charge in [-0.15, -0.1) is 10.2 Å². The van der Waals surface area contributed by atoms with Crippen LogP contribution in [0.2, 0.25) is 0 Å². The minimum absolute atomic E-state index is 0.100. The van der Waals surface area contributed by atoms with Crippen LogP contribution in [0.15, 0.2) is 35.7 Å². The molecule has 3 heterocycles. The predicted molar refractivity (Wildman–Crippen MR) is 98.9 cm³/mol. The van der Waals surface area contributed by atoms with Crippen LogP contribution in [0.25, 0.3) is 11.4 Å². The molecule has 130 valence electrons. The molecule has 0 radical (unpaired) electrons. The van der Waals surface area contributed by atoms with E-state index in [2.05, 4.69) is 31.7 Å². The van der Waals surface area contributed by atoms with Gasteiger partial charge in [-0.25, -0.2) is 0 Å². The number of rotatable bonds is 7. The molecule has 25 heavy (non-hydrogen) atoms. The highest BCUT2D eigenvalue weighted by Crippen LogP contribution is 2.25. The maximum absolute atomic E-state index is 12.5. The first kappa shape index (κ1) is 17.4. The summed E-state index contributed by atoms with van der Waals surface area (Å²) >= 11 is 1.43. The number of aryl methyl sites for hydroxylation is 2. The summed E-state index contributed by atoms with van der Waals surface area (Å²) in [7, 11) is 0. The van der Waals surface area contributed by atoms with Crippen LogP contribution in [0, 0.1) is 13.8 Å². The van der Waals surface area contributed by atoms with Gasteiger partial charge < -0.3 is 9.55 Å². The second-order valence-corrected chi connectivity index (χ2v) is 6.84. The molecule has 0 fully saturated rings. The van der Waals surface area contributed by atoms with Gasteiger partial charge in [-0.1, -0.05) is 18.7 Å². The Labute approximate surface area is 151 Å². The average Bonchev–Trinajstić information content (AvgIpc) is 3.16. The molecule has 0 atom stereocenters. The summed E-state index contributed by atoms with van der Waals surface area (Å²) in [5.74, 6) is 1.26. The van der Waals surface area contributed by atoms with E-state index < -0.39 is 0 Å². The fourth-order valence-electron chi connectivity index (χ4n) is 2.76. The largest absolute Gasteiger partial charge is 0.362 e. The lowest BCUT2D eigenvalue weighted by molar-refractivity contribution is 0.102. The summed E-state index contributed by atoms with van der Waals surface area (Å²) in [6, 6.07) is 5.74. The molecule has 3 rings (SSSR count). The normalized spacial score (nSPS) is 11.0. The van der Waals surface area contributed by atoms with E-state index in [1.807, 2.05) is 32.0 Å². The predicted octanol–water partition coefficient (Wildman–Crippen LogP) is 3.67. The van der Waals surface area contributed by atoms with Gasteiger partial charge in [0.2, 0.25) is 0 Å². The number of ketones is 1. The average molecular weight is 355 g/mol. The van der Waals surface area contributed by atoms with Gasteiger partial charge >= 0.3 is 0 Å². The maximum Gasteiger partial charge on any atom is 0.191 e. The fraction of sp³-hybridized carbons (Fsp3) is 0.333. The topological polar surface area (TPSA) is 76.5 Å². The number of aromatic nitrogens is 5. The first-order chi connectivity index (χ1) is 12.1. The third kappa shape index (κ3) is 3.82. The number of H-pyrrole nitrogens is 1. The second kappa shape index (κ2) is 7.65. The highest BCUT2D eigenvalue weighted by Gasteiger charge is 2.17. The lowest BCUT2D eigenvalue weighted by Crippen LogP contribution is -2.06. The van der Waals surface area contributed by atoms with Crippen molar-refractivity contribution in [3.63, 3.8) is 0 Å². The Kier molecular flexibility index (Phi) is 5.33. The standard InChI is InChI=1S/C18H21N5OS/c1-4-9-23-17(14-5-7-19-8-6-14)21-22-18(23)25-11-16(24)15-10-12(2)20-13(15)3/h5-8,10,20H,4,9,11H2,1-3H3. The van der Waals surface area contributed by atoms with Gasteiger partial charge in [0.15, 0.2) is 16.8 Å².